The smallest absolute Gasteiger partial charge is 0.231 e. The van der Waals surface area contributed by atoms with Crippen LogP contribution in [0.2, 0.25) is 0 Å². The summed E-state index contributed by atoms with van der Waals surface area (Å²) in [6.45, 7) is 3.05. The molecule has 110 valence electrons. The van der Waals surface area contributed by atoms with Gasteiger partial charge in [0.2, 0.25) is 6.79 Å². The van der Waals surface area contributed by atoms with Gasteiger partial charge >= 0.3 is 0 Å². The van der Waals surface area contributed by atoms with Crippen molar-refractivity contribution in [1.29, 1.82) is 0 Å². The molecule has 1 aromatic carbocycles. The zero-order chi connectivity index (χ0) is 14.7. The van der Waals surface area contributed by atoms with Crippen LogP contribution in [0.5, 0.6) is 11.5 Å². The van der Waals surface area contributed by atoms with Crippen molar-refractivity contribution in [1.82, 2.24) is 10.6 Å². The predicted molar refractivity (Wildman–Crippen MR) is 87.9 cm³/mol. The molecule has 0 amide bonds. The maximum atomic E-state index is 5.36. The maximum absolute atomic E-state index is 5.36. The van der Waals surface area contributed by atoms with E-state index >= 15 is 0 Å². The van der Waals surface area contributed by atoms with E-state index in [0.717, 1.165) is 17.1 Å². The molecule has 1 atom stereocenters. The van der Waals surface area contributed by atoms with E-state index in [0.29, 0.717) is 18.5 Å². The van der Waals surface area contributed by atoms with Crippen molar-refractivity contribution in [3.8, 4) is 11.5 Å². The first-order valence-electron chi connectivity index (χ1n) is 6.68. The summed E-state index contributed by atoms with van der Waals surface area (Å²) in [7, 11) is 0. The number of hydrogen-bond acceptors (Lipinski definition) is 4. The highest BCUT2D eigenvalue weighted by Crippen LogP contribution is 2.32. The van der Waals surface area contributed by atoms with Gasteiger partial charge in [-0.15, -0.1) is 11.3 Å². The Morgan fingerprint density at radius 1 is 1.33 bits per heavy atom. The average molecular weight is 320 g/mol. The lowest BCUT2D eigenvalue weighted by Crippen LogP contribution is -2.36. The van der Waals surface area contributed by atoms with E-state index < -0.39 is 0 Å². The van der Waals surface area contributed by atoms with Gasteiger partial charge in [-0.3, -0.25) is 0 Å². The van der Waals surface area contributed by atoms with E-state index in [2.05, 4.69) is 29.0 Å². The summed E-state index contributed by atoms with van der Waals surface area (Å²) in [5, 5.41) is 9.20. The first-order chi connectivity index (χ1) is 10.2. The van der Waals surface area contributed by atoms with Crippen LogP contribution in [0.25, 0.3) is 0 Å². The molecule has 0 aliphatic carbocycles. The van der Waals surface area contributed by atoms with Gasteiger partial charge in [0.25, 0.3) is 0 Å². The molecule has 1 aliphatic rings. The van der Waals surface area contributed by atoms with Crippen molar-refractivity contribution in [2.24, 2.45) is 0 Å². The highest BCUT2D eigenvalue weighted by atomic mass is 32.1. The fourth-order valence-corrected chi connectivity index (χ4v) is 3.07. The summed E-state index contributed by atoms with van der Waals surface area (Å²) in [6, 6.07) is 10.3. The van der Waals surface area contributed by atoms with Crippen molar-refractivity contribution >= 4 is 28.7 Å². The summed E-state index contributed by atoms with van der Waals surface area (Å²) >= 11 is 7.05. The first-order valence-corrected chi connectivity index (χ1v) is 7.97. The zero-order valence-electron chi connectivity index (χ0n) is 11.6. The SMILES string of the molecule is C[C@H](NC(=S)NCc1ccc2c(c1)OCO2)c1cccs1. The van der Waals surface area contributed by atoms with Gasteiger partial charge in [0.1, 0.15) is 0 Å². The second-order valence-electron chi connectivity index (χ2n) is 4.75. The van der Waals surface area contributed by atoms with E-state index in [4.69, 9.17) is 21.7 Å². The lowest BCUT2D eigenvalue weighted by atomic mass is 10.2. The molecule has 2 N–H and O–H groups in total. The number of rotatable bonds is 4. The number of thiophene rings is 1. The highest BCUT2D eigenvalue weighted by molar-refractivity contribution is 7.80. The van der Waals surface area contributed by atoms with Gasteiger partial charge in [0, 0.05) is 11.4 Å². The largest absolute Gasteiger partial charge is 0.454 e. The van der Waals surface area contributed by atoms with Crippen molar-refractivity contribution < 1.29 is 9.47 Å². The van der Waals surface area contributed by atoms with E-state index in [-0.39, 0.29) is 6.04 Å². The van der Waals surface area contributed by atoms with Gasteiger partial charge in [-0.2, -0.15) is 0 Å². The van der Waals surface area contributed by atoms with E-state index in [1.807, 2.05) is 24.3 Å². The first kappa shape index (κ1) is 14.2. The van der Waals surface area contributed by atoms with Gasteiger partial charge in [0.15, 0.2) is 16.6 Å². The third-order valence-corrected chi connectivity index (χ3v) is 4.52. The Morgan fingerprint density at radius 2 is 2.19 bits per heavy atom. The maximum Gasteiger partial charge on any atom is 0.231 e. The second kappa shape index (κ2) is 6.32. The van der Waals surface area contributed by atoms with Gasteiger partial charge < -0.3 is 20.1 Å². The quantitative estimate of drug-likeness (QED) is 0.847. The standard InChI is InChI=1S/C15H16N2O2S2/c1-10(14-3-2-6-21-14)17-15(20)16-8-11-4-5-12-13(7-11)19-9-18-12/h2-7,10H,8-9H2,1H3,(H2,16,17,20)/t10-/m0/s1. The Bertz CT molecular complexity index is 629. The summed E-state index contributed by atoms with van der Waals surface area (Å²) in [6.07, 6.45) is 0. The number of thiocarbonyl (C=S) groups is 1. The molecule has 0 spiro atoms. The molecule has 21 heavy (non-hydrogen) atoms. The number of hydrogen-bond donors (Lipinski definition) is 2. The molecule has 1 aliphatic heterocycles. The zero-order valence-corrected chi connectivity index (χ0v) is 13.2. The third kappa shape index (κ3) is 3.46. The van der Waals surface area contributed by atoms with Crippen molar-refractivity contribution in [3.63, 3.8) is 0 Å². The van der Waals surface area contributed by atoms with E-state index in [1.165, 1.54) is 4.88 Å². The molecule has 1 aromatic heterocycles. The lowest BCUT2D eigenvalue weighted by Gasteiger charge is -2.16. The molecule has 6 heteroatoms. The predicted octanol–water partition coefficient (Wildman–Crippen LogP) is 3.20. The number of benzene rings is 1. The molecule has 0 saturated heterocycles. The monoisotopic (exact) mass is 320 g/mol. The fourth-order valence-electron chi connectivity index (χ4n) is 2.09. The summed E-state index contributed by atoms with van der Waals surface area (Å²) in [5.74, 6) is 1.59. The number of nitrogens with one attached hydrogen (secondary N) is 2. The Hall–Kier alpha value is -1.79. The molecule has 0 bridgehead atoms. The highest BCUT2D eigenvalue weighted by Gasteiger charge is 2.13. The molecule has 0 unspecified atom stereocenters. The molecule has 2 heterocycles. The third-order valence-electron chi connectivity index (χ3n) is 3.21. The van der Waals surface area contributed by atoms with Crippen LogP contribution in [0.15, 0.2) is 35.7 Å². The molecule has 0 fully saturated rings. The Balaban J connectivity index is 1.52. The summed E-state index contributed by atoms with van der Waals surface area (Å²) in [4.78, 5) is 1.27. The van der Waals surface area contributed by atoms with Crippen molar-refractivity contribution in [2.45, 2.75) is 19.5 Å². The minimum Gasteiger partial charge on any atom is -0.454 e. The van der Waals surface area contributed by atoms with Crippen LogP contribution in [0.3, 0.4) is 0 Å². The van der Waals surface area contributed by atoms with Gasteiger partial charge in [0.05, 0.1) is 6.04 Å². The Kier molecular flexibility index (Phi) is 4.26. The topological polar surface area (TPSA) is 42.5 Å². The van der Waals surface area contributed by atoms with Crippen LogP contribution in [0.1, 0.15) is 23.4 Å². The lowest BCUT2D eigenvalue weighted by molar-refractivity contribution is 0.174. The molecule has 3 rings (SSSR count). The van der Waals surface area contributed by atoms with Gasteiger partial charge in [-0.25, -0.2) is 0 Å². The molecule has 0 saturated carbocycles. The fraction of sp³-hybridized carbons (Fsp3) is 0.267. The minimum absolute atomic E-state index is 0.210. The summed E-state index contributed by atoms with van der Waals surface area (Å²) in [5.41, 5.74) is 1.10. The molecule has 4 nitrogen and oxygen atoms in total. The number of ether oxygens (including phenoxy) is 2. The summed E-state index contributed by atoms with van der Waals surface area (Å²) < 4.78 is 10.7. The van der Waals surface area contributed by atoms with Crippen LogP contribution >= 0.6 is 23.6 Å². The Morgan fingerprint density at radius 3 is 3.00 bits per heavy atom. The van der Waals surface area contributed by atoms with Crippen LogP contribution in [-0.2, 0) is 6.54 Å². The van der Waals surface area contributed by atoms with Crippen molar-refractivity contribution in [2.75, 3.05) is 6.79 Å². The van der Waals surface area contributed by atoms with Gasteiger partial charge in [-0.05, 0) is 48.3 Å². The van der Waals surface area contributed by atoms with Crippen LogP contribution in [0, 0.1) is 0 Å². The van der Waals surface area contributed by atoms with Crippen LogP contribution in [-0.4, -0.2) is 11.9 Å². The van der Waals surface area contributed by atoms with Crippen LogP contribution in [0.4, 0.5) is 0 Å². The van der Waals surface area contributed by atoms with Gasteiger partial charge in [-0.1, -0.05) is 12.1 Å². The second-order valence-corrected chi connectivity index (χ2v) is 6.14. The molecule has 2 aromatic rings. The molecular formula is C15H16N2O2S2. The minimum atomic E-state index is 0.210. The normalized spacial score (nSPS) is 13.8. The molecular weight excluding hydrogens is 304 g/mol. The number of fused-ring (bicyclic) bond motifs is 1. The van der Waals surface area contributed by atoms with Crippen LogP contribution < -0.4 is 20.1 Å². The van der Waals surface area contributed by atoms with Crippen molar-refractivity contribution in [3.05, 3.63) is 46.2 Å². The molecule has 0 radical (unpaired) electrons. The average Bonchev–Trinajstić information content (AvgIpc) is 3.15. The van der Waals surface area contributed by atoms with E-state index in [9.17, 15) is 0 Å². The Labute approximate surface area is 133 Å². The van der Waals surface area contributed by atoms with E-state index in [1.54, 1.807) is 11.3 Å².